The van der Waals surface area contributed by atoms with E-state index in [0.717, 1.165) is 45.3 Å². The molecule has 0 spiro atoms. The molecule has 2 fully saturated rings. The second kappa shape index (κ2) is 7.72. The molecule has 0 aliphatic carbocycles. The van der Waals surface area contributed by atoms with Gasteiger partial charge in [-0.15, -0.1) is 0 Å². The summed E-state index contributed by atoms with van der Waals surface area (Å²) in [5.41, 5.74) is 8.02. The van der Waals surface area contributed by atoms with E-state index in [2.05, 4.69) is 40.3 Å². The van der Waals surface area contributed by atoms with Crippen molar-refractivity contribution in [2.24, 2.45) is 11.7 Å². The molecule has 3 N–H and O–H groups in total. The molecule has 144 valence electrons. The summed E-state index contributed by atoms with van der Waals surface area (Å²) in [4.78, 5) is 31.5. The Hall–Kier alpha value is -2.34. The van der Waals surface area contributed by atoms with Crippen LogP contribution >= 0.6 is 0 Å². The zero-order valence-electron chi connectivity index (χ0n) is 15.7. The third-order valence-electron chi connectivity index (χ3n) is 6.18. The van der Waals surface area contributed by atoms with Gasteiger partial charge in [0, 0.05) is 30.2 Å². The van der Waals surface area contributed by atoms with E-state index in [-0.39, 0.29) is 17.7 Å². The summed E-state index contributed by atoms with van der Waals surface area (Å²) in [6.45, 7) is 3.55. The molecule has 1 atom stereocenters. The lowest BCUT2D eigenvalue weighted by Crippen LogP contribution is -2.48. The number of hydrogen-bond acceptors (Lipinski definition) is 3. The molecule has 0 saturated carbocycles. The van der Waals surface area contributed by atoms with Gasteiger partial charge in [-0.1, -0.05) is 18.2 Å². The minimum atomic E-state index is -0.285. The van der Waals surface area contributed by atoms with Crippen LogP contribution < -0.4 is 5.73 Å². The van der Waals surface area contributed by atoms with Crippen molar-refractivity contribution in [3.8, 4) is 0 Å². The summed E-state index contributed by atoms with van der Waals surface area (Å²) in [5.74, 6) is 0.204. The third kappa shape index (κ3) is 3.86. The number of rotatable bonds is 4. The predicted molar refractivity (Wildman–Crippen MR) is 105 cm³/mol. The molecule has 6 nitrogen and oxygen atoms in total. The lowest BCUT2D eigenvalue weighted by atomic mass is 9.89. The molecule has 0 radical (unpaired) electrons. The van der Waals surface area contributed by atoms with Crippen LogP contribution in [0.1, 0.15) is 37.2 Å². The fourth-order valence-electron chi connectivity index (χ4n) is 4.56. The normalized spacial score (nSPS) is 22.2. The van der Waals surface area contributed by atoms with Crippen LogP contribution in [-0.2, 0) is 9.59 Å². The Kier molecular flexibility index (Phi) is 5.16. The SMILES string of the molecule is NC(=O)C1CCCN(C(=O)CN2CCC(c3c[nH]c4ccccc34)CC2)C1. The molecule has 2 aromatic rings. The maximum atomic E-state index is 12.6. The number of likely N-dealkylation sites (tertiary alicyclic amines) is 2. The fourth-order valence-corrected chi connectivity index (χ4v) is 4.56. The van der Waals surface area contributed by atoms with E-state index in [9.17, 15) is 9.59 Å². The summed E-state index contributed by atoms with van der Waals surface area (Å²) in [7, 11) is 0. The van der Waals surface area contributed by atoms with Crippen LogP contribution in [0.3, 0.4) is 0 Å². The molecule has 1 aromatic carbocycles. The first-order chi connectivity index (χ1) is 13.1. The topological polar surface area (TPSA) is 82.4 Å². The maximum Gasteiger partial charge on any atom is 0.236 e. The van der Waals surface area contributed by atoms with E-state index >= 15 is 0 Å². The standard InChI is InChI=1S/C21H28N4O2/c22-21(27)16-4-3-9-25(13-16)20(26)14-24-10-7-15(8-11-24)18-12-23-19-6-2-1-5-17(18)19/h1-2,5-6,12,15-16,23H,3-4,7-11,13-14H2,(H2,22,27). The first-order valence-corrected chi connectivity index (χ1v) is 9.97. The van der Waals surface area contributed by atoms with E-state index in [4.69, 9.17) is 5.73 Å². The molecular formula is C21H28N4O2. The van der Waals surface area contributed by atoms with Crippen molar-refractivity contribution in [3.05, 3.63) is 36.0 Å². The highest BCUT2D eigenvalue weighted by Crippen LogP contribution is 2.33. The molecule has 2 aliphatic heterocycles. The predicted octanol–water partition coefficient (Wildman–Crippen LogP) is 2.07. The van der Waals surface area contributed by atoms with Gasteiger partial charge in [0.05, 0.1) is 12.5 Å². The van der Waals surface area contributed by atoms with Gasteiger partial charge in [0.15, 0.2) is 0 Å². The number of carbonyl (C=O) groups is 2. The van der Waals surface area contributed by atoms with E-state index < -0.39 is 0 Å². The molecule has 1 unspecified atom stereocenters. The monoisotopic (exact) mass is 368 g/mol. The molecule has 2 amide bonds. The van der Waals surface area contributed by atoms with Crippen molar-refractivity contribution in [1.82, 2.24) is 14.8 Å². The first-order valence-electron chi connectivity index (χ1n) is 9.97. The van der Waals surface area contributed by atoms with E-state index in [1.807, 2.05) is 4.90 Å². The highest BCUT2D eigenvalue weighted by Gasteiger charge is 2.29. The number of piperidine rings is 2. The number of benzene rings is 1. The number of para-hydroxylation sites is 1. The first kappa shape index (κ1) is 18.0. The summed E-state index contributed by atoms with van der Waals surface area (Å²) in [5, 5.41) is 1.32. The highest BCUT2D eigenvalue weighted by molar-refractivity contribution is 5.83. The number of nitrogens with one attached hydrogen (secondary N) is 1. The Balaban J connectivity index is 1.32. The summed E-state index contributed by atoms with van der Waals surface area (Å²) >= 11 is 0. The van der Waals surface area contributed by atoms with Crippen LogP contribution in [0.25, 0.3) is 10.9 Å². The average Bonchev–Trinajstić information content (AvgIpc) is 3.13. The molecule has 4 rings (SSSR count). The van der Waals surface area contributed by atoms with E-state index in [1.54, 1.807) is 0 Å². The number of hydrogen-bond donors (Lipinski definition) is 2. The number of fused-ring (bicyclic) bond motifs is 1. The number of aromatic amines is 1. The van der Waals surface area contributed by atoms with Crippen molar-refractivity contribution in [1.29, 1.82) is 0 Å². The van der Waals surface area contributed by atoms with Crippen LogP contribution in [-0.4, -0.2) is 59.3 Å². The van der Waals surface area contributed by atoms with Gasteiger partial charge in [-0.25, -0.2) is 0 Å². The van der Waals surface area contributed by atoms with Gasteiger partial charge in [0.1, 0.15) is 0 Å². The molecule has 27 heavy (non-hydrogen) atoms. The van der Waals surface area contributed by atoms with Gasteiger partial charge in [0.25, 0.3) is 0 Å². The van der Waals surface area contributed by atoms with Gasteiger partial charge < -0.3 is 15.6 Å². The molecule has 0 bridgehead atoms. The van der Waals surface area contributed by atoms with Crippen molar-refractivity contribution in [2.45, 2.75) is 31.6 Å². The van der Waals surface area contributed by atoms with Gasteiger partial charge in [0.2, 0.25) is 11.8 Å². The van der Waals surface area contributed by atoms with Gasteiger partial charge in [-0.3, -0.25) is 14.5 Å². The maximum absolute atomic E-state index is 12.6. The second-order valence-electron chi connectivity index (χ2n) is 7.92. The zero-order valence-corrected chi connectivity index (χ0v) is 15.7. The second-order valence-corrected chi connectivity index (χ2v) is 7.92. The Morgan fingerprint density at radius 1 is 1.11 bits per heavy atom. The smallest absolute Gasteiger partial charge is 0.236 e. The molecular weight excluding hydrogens is 340 g/mol. The molecule has 2 aliphatic rings. The molecule has 3 heterocycles. The fraction of sp³-hybridized carbons (Fsp3) is 0.524. The lowest BCUT2D eigenvalue weighted by molar-refractivity contribution is -0.136. The van der Waals surface area contributed by atoms with Crippen LogP contribution in [0.15, 0.2) is 30.5 Å². The minimum absolute atomic E-state index is 0.131. The van der Waals surface area contributed by atoms with Gasteiger partial charge >= 0.3 is 0 Å². The number of carbonyl (C=O) groups excluding carboxylic acids is 2. The number of H-pyrrole nitrogens is 1. The summed E-state index contributed by atoms with van der Waals surface area (Å²) in [6.07, 6.45) is 5.95. The molecule has 2 saturated heterocycles. The number of aromatic nitrogens is 1. The van der Waals surface area contributed by atoms with Crippen LogP contribution in [0.5, 0.6) is 0 Å². The van der Waals surface area contributed by atoms with E-state index in [0.29, 0.717) is 19.0 Å². The number of amides is 2. The Morgan fingerprint density at radius 2 is 1.89 bits per heavy atom. The Bertz CT molecular complexity index is 822. The van der Waals surface area contributed by atoms with Gasteiger partial charge in [-0.05, 0) is 56.3 Å². The Labute approximate surface area is 159 Å². The summed E-state index contributed by atoms with van der Waals surface area (Å²) < 4.78 is 0. The van der Waals surface area contributed by atoms with Crippen molar-refractivity contribution < 1.29 is 9.59 Å². The van der Waals surface area contributed by atoms with Crippen LogP contribution in [0, 0.1) is 5.92 Å². The van der Waals surface area contributed by atoms with Crippen molar-refractivity contribution >= 4 is 22.7 Å². The molecule has 6 heteroatoms. The molecule has 1 aromatic heterocycles. The number of nitrogens with two attached hydrogens (primary N) is 1. The Morgan fingerprint density at radius 3 is 2.67 bits per heavy atom. The number of nitrogens with zero attached hydrogens (tertiary/aromatic N) is 2. The van der Waals surface area contributed by atoms with Crippen LogP contribution in [0.4, 0.5) is 0 Å². The lowest BCUT2D eigenvalue weighted by Gasteiger charge is -2.35. The van der Waals surface area contributed by atoms with Crippen molar-refractivity contribution in [3.63, 3.8) is 0 Å². The average molecular weight is 368 g/mol. The zero-order chi connectivity index (χ0) is 18.8. The van der Waals surface area contributed by atoms with Crippen LogP contribution in [0.2, 0.25) is 0 Å². The quantitative estimate of drug-likeness (QED) is 0.867. The third-order valence-corrected chi connectivity index (χ3v) is 6.18. The van der Waals surface area contributed by atoms with Crippen molar-refractivity contribution in [2.75, 3.05) is 32.7 Å². The number of primary amides is 1. The largest absolute Gasteiger partial charge is 0.369 e. The summed E-state index contributed by atoms with van der Waals surface area (Å²) in [6, 6.07) is 8.44. The highest BCUT2D eigenvalue weighted by atomic mass is 16.2. The minimum Gasteiger partial charge on any atom is -0.369 e. The van der Waals surface area contributed by atoms with E-state index in [1.165, 1.54) is 16.5 Å². The van der Waals surface area contributed by atoms with Gasteiger partial charge in [-0.2, -0.15) is 0 Å².